The molecular weight excluding hydrogens is 288 g/mol. The zero-order valence-electron chi connectivity index (χ0n) is 10.8. The molecular formula is C10H16N4O5S. The fourth-order valence-corrected chi connectivity index (χ4v) is 2.16. The molecule has 0 aliphatic carbocycles. The first kappa shape index (κ1) is 15.1. The normalized spacial score (nSPS) is 26.6. The summed E-state index contributed by atoms with van der Waals surface area (Å²) in [5.74, 6) is 0.558. The van der Waals surface area contributed by atoms with Crippen molar-refractivity contribution in [3.8, 4) is 0 Å². The van der Waals surface area contributed by atoms with Crippen LogP contribution in [-0.2, 0) is 19.2 Å². The Kier molecular flexibility index (Phi) is 4.50. The van der Waals surface area contributed by atoms with Crippen molar-refractivity contribution in [2.45, 2.75) is 31.8 Å². The largest absolute Gasteiger partial charge is 0.390 e. The Morgan fingerprint density at radius 2 is 2.35 bits per heavy atom. The van der Waals surface area contributed by atoms with Crippen LogP contribution in [0.5, 0.6) is 0 Å². The van der Waals surface area contributed by atoms with E-state index in [0.717, 1.165) is 5.69 Å². The summed E-state index contributed by atoms with van der Waals surface area (Å²) in [6.07, 6.45) is -0.425. The van der Waals surface area contributed by atoms with Crippen LogP contribution >= 0.6 is 0 Å². The fourth-order valence-electron chi connectivity index (χ4n) is 1.83. The number of nitrogens with one attached hydrogen (secondary N) is 1. The summed E-state index contributed by atoms with van der Waals surface area (Å²) >= 11 is 0. The third kappa shape index (κ3) is 4.35. The van der Waals surface area contributed by atoms with Crippen LogP contribution in [0, 0.1) is 6.92 Å². The predicted molar refractivity (Wildman–Crippen MR) is 68.7 cm³/mol. The lowest BCUT2D eigenvalue weighted by Gasteiger charge is -2.15. The van der Waals surface area contributed by atoms with Crippen molar-refractivity contribution in [2.24, 2.45) is 5.14 Å². The Balaban J connectivity index is 1.90. The zero-order chi connectivity index (χ0) is 14.8. The molecule has 1 aliphatic heterocycles. The van der Waals surface area contributed by atoms with Crippen LogP contribution in [0.15, 0.2) is 12.4 Å². The molecule has 1 aromatic rings. The van der Waals surface area contributed by atoms with Gasteiger partial charge in [-0.1, -0.05) is 0 Å². The molecule has 1 saturated heterocycles. The van der Waals surface area contributed by atoms with Crippen LogP contribution in [0.2, 0.25) is 0 Å². The highest BCUT2D eigenvalue weighted by Crippen LogP contribution is 2.22. The minimum absolute atomic E-state index is 0.279. The Bertz CT molecular complexity index is 567. The molecule has 2 rings (SSSR count). The van der Waals surface area contributed by atoms with Crippen molar-refractivity contribution < 1.29 is 22.4 Å². The van der Waals surface area contributed by atoms with Crippen molar-refractivity contribution in [3.63, 3.8) is 0 Å². The van der Waals surface area contributed by atoms with Crippen molar-refractivity contribution in [3.05, 3.63) is 18.1 Å². The Labute approximate surface area is 116 Å². The van der Waals surface area contributed by atoms with E-state index in [1.165, 1.54) is 6.33 Å². The van der Waals surface area contributed by atoms with Gasteiger partial charge in [-0.3, -0.25) is 4.18 Å². The summed E-state index contributed by atoms with van der Waals surface area (Å²) in [5, 5.41) is 17.5. The molecule has 112 valence electrons. The maximum atomic E-state index is 10.7. The average molecular weight is 304 g/mol. The summed E-state index contributed by atoms with van der Waals surface area (Å²) in [6.45, 7) is 1.49. The number of anilines is 1. The van der Waals surface area contributed by atoms with Gasteiger partial charge in [-0.05, 0) is 6.92 Å². The summed E-state index contributed by atoms with van der Waals surface area (Å²) in [7, 11) is -4.05. The second kappa shape index (κ2) is 5.97. The van der Waals surface area contributed by atoms with E-state index in [0.29, 0.717) is 5.82 Å². The van der Waals surface area contributed by atoms with Crippen LogP contribution in [-0.4, -0.2) is 48.5 Å². The van der Waals surface area contributed by atoms with Gasteiger partial charge in [0.1, 0.15) is 24.5 Å². The van der Waals surface area contributed by atoms with Crippen molar-refractivity contribution >= 4 is 16.1 Å². The minimum Gasteiger partial charge on any atom is -0.390 e. The minimum atomic E-state index is -4.05. The van der Waals surface area contributed by atoms with Gasteiger partial charge in [-0.25, -0.2) is 15.1 Å². The number of hydrogen-bond donors (Lipinski definition) is 3. The summed E-state index contributed by atoms with van der Waals surface area (Å²) < 4.78 is 31.2. The van der Waals surface area contributed by atoms with Crippen LogP contribution in [0.4, 0.5) is 5.82 Å². The van der Waals surface area contributed by atoms with E-state index in [2.05, 4.69) is 19.5 Å². The van der Waals surface area contributed by atoms with Gasteiger partial charge in [-0.2, -0.15) is 8.42 Å². The zero-order valence-corrected chi connectivity index (χ0v) is 11.6. The standard InChI is InChI=1S/C10H16N4O5S/c1-6-2-9(13-5-12-6)14-10-3-7(15)8(19-10)4-18-20(11,16)17/h2,5,7-8,10,15H,3-4H2,1H3,(H2,11,16,17)(H,12,13,14)/t7-,8+,10+/m0/s1. The van der Waals surface area contributed by atoms with Crippen LogP contribution in [0.1, 0.15) is 12.1 Å². The van der Waals surface area contributed by atoms with Crippen molar-refractivity contribution in [1.82, 2.24) is 9.97 Å². The first-order chi connectivity index (χ1) is 9.33. The highest BCUT2D eigenvalue weighted by Gasteiger charge is 2.35. The lowest BCUT2D eigenvalue weighted by atomic mass is 10.2. The van der Waals surface area contributed by atoms with Gasteiger partial charge in [0.25, 0.3) is 0 Å². The van der Waals surface area contributed by atoms with Gasteiger partial charge in [0.15, 0.2) is 0 Å². The first-order valence-corrected chi connectivity index (χ1v) is 7.36. The molecule has 1 aromatic heterocycles. The molecule has 20 heavy (non-hydrogen) atoms. The predicted octanol–water partition coefficient (Wildman–Crippen LogP) is -1.11. The van der Waals surface area contributed by atoms with E-state index >= 15 is 0 Å². The van der Waals surface area contributed by atoms with Gasteiger partial charge in [-0.15, -0.1) is 0 Å². The topological polar surface area (TPSA) is 137 Å². The van der Waals surface area contributed by atoms with Crippen LogP contribution < -0.4 is 10.5 Å². The molecule has 1 aliphatic rings. The third-order valence-electron chi connectivity index (χ3n) is 2.73. The van der Waals surface area contributed by atoms with Crippen molar-refractivity contribution in [1.29, 1.82) is 0 Å². The molecule has 0 bridgehead atoms. The monoisotopic (exact) mass is 304 g/mol. The molecule has 3 atom stereocenters. The average Bonchev–Trinajstić information content (AvgIpc) is 2.66. The first-order valence-electron chi connectivity index (χ1n) is 5.89. The summed E-state index contributed by atoms with van der Waals surface area (Å²) in [5.41, 5.74) is 0.787. The molecule has 9 nitrogen and oxygen atoms in total. The highest BCUT2D eigenvalue weighted by atomic mass is 32.2. The van der Waals surface area contributed by atoms with Gasteiger partial charge >= 0.3 is 10.3 Å². The smallest absolute Gasteiger partial charge is 0.333 e. The number of ether oxygens (including phenoxy) is 1. The molecule has 4 N–H and O–H groups in total. The second-order valence-electron chi connectivity index (χ2n) is 4.43. The van der Waals surface area contributed by atoms with Gasteiger partial charge < -0.3 is 15.2 Å². The fraction of sp³-hybridized carbons (Fsp3) is 0.600. The van der Waals surface area contributed by atoms with E-state index in [1.54, 1.807) is 6.07 Å². The van der Waals surface area contributed by atoms with E-state index in [9.17, 15) is 13.5 Å². The molecule has 0 radical (unpaired) electrons. The number of nitrogens with two attached hydrogens (primary N) is 1. The van der Waals surface area contributed by atoms with E-state index in [4.69, 9.17) is 9.88 Å². The molecule has 1 fully saturated rings. The quantitative estimate of drug-likeness (QED) is 0.623. The number of rotatable bonds is 5. The molecule has 2 heterocycles. The van der Waals surface area contributed by atoms with E-state index < -0.39 is 28.7 Å². The molecule has 0 spiro atoms. The maximum absolute atomic E-state index is 10.7. The maximum Gasteiger partial charge on any atom is 0.333 e. The lowest BCUT2D eigenvalue weighted by Crippen LogP contribution is -2.30. The summed E-state index contributed by atoms with van der Waals surface area (Å²) in [4.78, 5) is 7.97. The molecule has 10 heteroatoms. The molecule has 0 unspecified atom stereocenters. The number of aliphatic hydroxyl groups is 1. The number of aromatic nitrogens is 2. The number of aliphatic hydroxyl groups excluding tert-OH is 1. The number of nitrogens with zero attached hydrogens (tertiary/aromatic N) is 2. The highest BCUT2D eigenvalue weighted by molar-refractivity contribution is 7.84. The van der Waals surface area contributed by atoms with Gasteiger partial charge in [0.05, 0.1) is 12.7 Å². The lowest BCUT2D eigenvalue weighted by molar-refractivity contribution is -0.00733. The van der Waals surface area contributed by atoms with Gasteiger partial charge in [0.2, 0.25) is 0 Å². The van der Waals surface area contributed by atoms with E-state index in [-0.39, 0.29) is 13.0 Å². The van der Waals surface area contributed by atoms with E-state index in [1.807, 2.05) is 6.92 Å². The second-order valence-corrected chi connectivity index (χ2v) is 5.65. The number of hydrogen-bond acceptors (Lipinski definition) is 8. The Morgan fingerprint density at radius 1 is 1.60 bits per heavy atom. The van der Waals surface area contributed by atoms with Gasteiger partial charge in [0, 0.05) is 18.2 Å². The SMILES string of the molecule is Cc1cc(N[C@H]2C[C@H](O)[C@@H](COS(N)(=O)=O)O2)ncn1. The third-order valence-corrected chi connectivity index (χ3v) is 3.20. The number of aryl methyl sites for hydroxylation is 1. The molecule has 0 aromatic carbocycles. The summed E-state index contributed by atoms with van der Waals surface area (Å²) in [6, 6.07) is 1.73. The Hall–Kier alpha value is -1.33. The molecule has 0 amide bonds. The van der Waals surface area contributed by atoms with Crippen LogP contribution in [0.25, 0.3) is 0 Å². The Morgan fingerprint density at radius 3 is 3.00 bits per heavy atom. The van der Waals surface area contributed by atoms with Crippen molar-refractivity contribution in [2.75, 3.05) is 11.9 Å². The van der Waals surface area contributed by atoms with Crippen LogP contribution in [0.3, 0.4) is 0 Å². The molecule has 0 saturated carbocycles.